The number of nitrogens with zero attached hydrogens (tertiary/aromatic N) is 2. The van der Waals surface area contributed by atoms with E-state index in [0.29, 0.717) is 35.0 Å². The molecule has 1 unspecified atom stereocenters. The van der Waals surface area contributed by atoms with E-state index in [2.05, 4.69) is 4.98 Å². The van der Waals surface area contributed by atoms with Gasteiger partial charge in [0.05, 0.1) is 24.4 Å². The Balaban J connectivity index is 0.00000122. The molecule has 5 nitrogen and oxygen atoms in total. The lowest BCUT2D eigenvalue weighted by atomic mass is 10.00. The van der Waals surface area contributed by atoms with E-state index in [1.54, 1.807) is 22.8 Å². The maximum Gasteiger partial charge on any atom is 0.391 e. The molecule has 1 aromatic heterocycles. The van der Waals surface area contributed by atoms with Crippen LogP contribution in [0.25, 0.3) is 5.69 Å². The summed E-state index contributed by atoms with van der Waals surface area (Å²) >= 11 is 6.45. The number of ether oxygens (including phenoxy) is 1. The Hall–Kier alpha value is -2.31. The minimum atomic E-state index is -4.22. The molecular weight excluding hydrogens is 397 g/mol. The van der Waals surface area contributed by atoms with E-state index in [0.717, 1.165) is 11.5 Å². The minimum absolute atomic E-state index is 0.0986. The SMILES string of the molecule is CCc1nc(CC)n(-c2ccc(CC(C)C(F)(F)F)cc2OC)c1Cl.O=C=O. The van der Waals surface area contributed by atoms with Crippen molar-refractivity contribution in [1.29, 1.82) is 0 Å². The van der Waals surface area contributed by atoms with Gasteiger partial charge in [-0.15, -0.1) is 0 Å². The van der Waals surface area contributed by atoms with Gasteiger partial charge in [0, 0.05) is 6.42 Å². The van der Waals surface area contributed by atoms with Crippen molar-refractivity contribution in [2.75, 3.05) is 7.11 Å². The molecule has 0 bridgehead atoms. The second-order valence-electron chi connectivity index (χ2n) is 6.04. The highest BCUT2D eigenvalue weighted by atomic mass is 35.5. The zero-order chi connectivity index (χ0) is 21.5. The molecule has 0 saturated carbocycles. The van der Waals surface area contributed by atoms with Crippen LogP contribution in [0.1, 0.15) is 37.9 Å². The average molecular weight is 419 g/mol. The van der Waals surface area contributed by atoms with Gasteiger partial charge in [0.2, 0.25) is 0 Å². The number of alkyl halides is 3. The number of rotatable bonds is 6. The predicted octanol–water partition coefficient (Wildman–Crippen LogP) is 4.82. The summed E-state index contributed by atoms with van der Waals surface area (Å²) in [6, 6.07) is 5.06. The normalized spacial score (nSPS) is 12.0. The number of aromatic nitrogens is 2. The van der Waals surface area contributed by atoms with Gasteiger partial charge in [0.25, 0.3) is 0 Å². The lowest BCUT2D eigenvalue weighted by molar-refractivity contribution is -0.191. The monoisotopic (exact) mass is 418 g/mol. The van der Waals surface area contributed by atoms with Gasteiger partial charge in [-0.25, -0.2) is 4.98 Å². The van der Waals surface area contributed by atoms with Crippen molar-refractivity contribution in [1.82, 2.24) is 9.55 Å². The molecule has 28 heavy (non-hydrogen) atoms. The van der Waals surface area contributed by atoms with Crippen LogP contribution in [0, 0.1) is 5.92 Å². The average Bonchev–Trinajstić information content (AvgIpc) is 2.97. The number of benzene rings is 1. The van der Waals surface area contributed by atoms with Crippen LogP contribution in [0.15, 0.2) is 18.2 Å². The smallest absolute Gasteiger partial charge is 0.391 e. The Morgan fingerprint density at radius 2 is 1.86 bits per heavy atom. The molecule has 0 aliphatic rings. The molecule has 0 aliphatic carbocycles. The zero-order valence-corrected chi connectivity index (χ0v) is 16.8. The molecular formula is C19H22ClF3N2O3. The minimum Gasteiger partial charge on any atom is -0.495 e. The summed E-state index contributed by atoms with van der Waals surface area (Å²) < 4.78 is 45.6. The first-order chi connectivity index (χ1) is 13.1. The van der Waals surface area contributed by atoms with Crippen molar-refractivity contribution in [2.45, 2.75) is 46.2 Å². The van der Waals surface area contributed by atoms with Gasteiger partial charge in [0.1, 0.15) is 16.7 Å². The Labute approximate surface area is 166 Å². The summed E-state index contributed by atoms with van der Waals surface area (Å²) in [5.74, 6) is -0.155. The number of aryl methyl sites for hydroxylation is 2. The molecule has 0 amide bonds. The van der Waals surface area contributed by atoms with Crippen molar-refractivity contribution >= 4 is 17.8 Å². The zero-order valence-electron chi connectivity index (χ0n) is 16.1. The second kappa shape index (κ2) is 10.3. The van der Waals surface area contributed by atoms with Gasteiger partial charge < -0.3 is 4.74 Å². The topological polar surface area (TPSA) is 61.2 Å². The lowest BCUT2D eigenvalue weighted by Gasteiger charge is -2.18. The number of hydrogen-bond acceptors (Lipinski definition) is 4. The largest absolute Gasteiger partial charge is 0.495 e. The molecule has 0 saturated heterocycles. The first-order valence-corrected chi connectivity index (χ1v) is 9.01. The highest BCUT2D eigenvalue weighted by molar-refractivity contribution is 6.30. The van der Waals surface area contributed by atoms with Crippen molar-refractivity contribution in [3.63, 3.8) is 0 Å². The molecule has 1 atom stereocenters. The van der Waals surface area contributed by atoms with E-state index < -0.39 is 12.1 Å². The van der Waals surface area contributed by atoms with Gasteiger partial charge in [-0.05, 0) is 30.5 Å². The third-order valence-electron chi connectivity index (χ3n) is 4.19. The molecule has 0 spiro atoms. The van der Waals surface area contributed by atoms with E-state index in [1.165, 1.54) is 14.0 Å². The Bertz CT molecular complexity index is 829. The summed E-state index contributed by atoms with van der Waals surface area (Å²) in [5, 5.41) is 0.508. The van der Waals surface area contributed by atoms with Crippen molar-refractivity contribution in [2.24, 2.45) is 5.92 Å². The third kappa shape index (κ3) is 5.59. The molecule has 9 heteroatoms. The molecule has 1 heterocycles. The molecule has 0 N–H and O–H groups in total. The van der Waals surface area contributed by atoms with Crippen LogP contribution in [-0.2, 0) is 28.9 Å². The maximum atomic E-state index is 12.8. The molecule has 0 aliphatic heterocycles. The molecule has 0 fully saturated rings. The van der Waals surface area contributed by atoms with Gasteiger partial charge >= 0.3 is 12.3 Å². The summed E-state index contributed by atoms with van der Waals surface area (Å²) in [6.45, 7) is 5.12. The summed E-state index contributed by atoms with van der Waals surface area (Å²) in [4.78, 5) is 20.8. The summed E-state index contributed by atoms with van der Waals surface area (Å²) in [5.41, 5.74) is 2.03. The van der Waals surface area contributed by atoms with E-state index >= 15 is 0 Å². The first-order valence-electron chi connectivity index (χ1n) is 8.63. The second-order valence-corrected chi connectivity index (χ2v) is 6.40. The van der Waals surface area contributed by atoms with Gasteiger partial charge in [-0.3, -0.25) is 4.57 Å². The van der Waals surface area contributed by atoms with Crippen molar-refractivity contribution in [3.8, 4) is 11.4 Å². The van der Waals surface area contributed by atoms with Gasteiger partial charge in [-0.1, -0.05) is 38.4 Å². The van der Waals surface area contributed by atoms with Gasteiger partial charge in [0.15, 0.2) is 0 Å². The highest BCUT2D eigenvalue weighted by Gasteiger charge is 2.35. The fourth-order valence-corrected chi connectivity index (χ4v) is 3.07. The predicted molar refractivity (Wildman–Crippen MR) is 97.8 cm³/mol. The van der Waals surface area contributed by atoms with E-state index in [-0.39, 0.29) is 12.6 Å². The number of methoxy groups -OCH3 is 1. The Morgan fingerprint density at radius 1 is 1.25 bits per heavy atom. The van der Waals surface area contributed by atoms with Gasteiger partial charge in [-0.2, -0.15) is 22.8 Å². The van der Waals surface area contributed by atoms with Crippen LogP contribution in [0.4, 0.5) is 13.2 Å². The first kappa shape index (κ1) is 23.7. The lowest BCUT2D eigenvalue weighted by Crippen LogP contribution is -2.21. The fraction of sp³-hybridized carbons (Fsp3) is 0.474. The van der Waals surface area contributed by atoms with Crippen LogP contribution in [0.2, 0.25) is 5.15 Å². The molecule has 0 radical (unpaired) electrons. The molecule has 1 aromatic carbocycles. The van der Waals surface area contributed by atoms with E-state index in [9.17, 15) is 13.2 Å². The van der Waals surface area contributed by atoms with Crippen LogP contribution in [0.3, 0.4) is 0 Å². The quantitative estimate of drug-likeness (QED) is 0.675. The Morgan fingerprint density at radius 3 is 2.32 bits per heavy atom. The third-order valence-corrected chi connectivity index (χ3v) is 4.58. The van der Waals surface area contributed by atoms with Crippen LogP contribution in [0.5, 0.6) is 5.75 Å². The maximum absolute atomic E-state index is 12.8. The molecule has 2 rings (SSSR count). The number of halogens is 4. The summed E-state index contributed by atoms with van der Waals surface area (Å²) in [7, 11) is 1.49. The fourth-order valence-electron chi connectivity index (χ4n) is 2.70. The van der Waals surface area contributed by atoms with Crippen LogP contribution in [-0.4, -0.2) is 29.0 Å². The summed E-state index contributed by atoms with van der Waals surface area (Å²) in [6.07, 6.45) is -2.69. The van der Waals surface area contributed by atoms with Crippen LogP contribution >= 0.6 is 11.6 Å². The standard InChI is InChI=1S/C18H22ClF3N2O.CO2/c1-5-13-17(19)24(16(6-2)23-13)14-8-7-12(10-15(14)25-4)9-11(3)18(20,21)22;2-1-3/h7-8,10-11H,5-6,9H2,1-4H3;. The van der Waals surface area contributed by atoms with Crippen LogP contribution < -0.4 is 4.74 Å². The number of carbonyl (C=O) groups excluding carboxylic acids is 2. The van der Waals surface area contributed by atoms with Crippen molar-refractivity contribution in [3.05, 3.63) is 40.4 Å². The van der Waals surface area contributed by atoms with E-state index in [1.807, 2.05) is 13.8 Å². The Kier molecular flexibility index (Phi) is 8.72. The highest BCUT2D eigenvalue weighted by Crippen LogP contribution is 2.33. The number of hydrogen-bond donors (Lipinski definition) is 0. The van der Waals surface area contributed by atoms with E-state index in [4.69, 9.17) is 25.9 Å². The molecule has 154 valence electrons. The molecule has 2 aromatic rings. The number of imidazole rings is 1. The van der Waals surface area contributed by atoms with Crippen molar-refractivity contribution < 1.29 is 27.5 Å².